The Kier molecular flexibility index (Phi) is 5.30. The quantitative estimate of drug-likeness (QED) is 0.711. The van der Waals surface area contributed by atoms with Gasteiger partial charge in [-0.3, -0.25) is 4.79 Å². The normalized spacial score (nSPS) is 10.6. The van der Waals surface area contributed by atoms with Crippen molar-refractivity contribution in [2.45, 2.75) is 26.2 Å². The number of phenols is 1. The lowest BCUT2D eigenvalue weighted by molar-refractivity contribution is -0.116. The summed E-state index contributed by atoms with van der Waals surface area (Å²) in [5.41, 5.74) is 5.06. The first-order chi connectivity index (χ1) is 12.1. The molecule has 25 heavy (non-hydrogen) atoms. The molecule has 3 rings (SSSR count). The standard InChI is InChI=1S/C23H22O2/c1-17(24)12-21-15-20(13-18-8-4-2-5-9-18)16-22(23(21)25)14-19-10-6-3-7-11-19/h2-11,15-16,25H,12-14H2,1H3. The van der Waals surface area contributed by atoms with Gasteiger partial charge in [-0.2, -0.15) is 0 Å². The molecule has 0 saturated carbocycles. The first-order valence-electron chi connectivity index (χ1n) is 8.53. The highest BCUT2D eigenvalue weighted by atomic mass is 16.3. The van der Waals surface area contributed by atoms with E-state index in [-0.39, 0.29) is 18.0 Å². The Balaban J connectivity index is 1.97. The fourth-order valence-corrected chi connectivity index (χ4v) is 3.12. The summed E-state index contributed by atoms with van der Waals surface area (Å²) >= 11 is 0. The van der Waals surface area contributed by atoms with Crippen LogP contribution in [0.25, 0.3) is 0 Å². The van der Waals surface area contributed by atoms with Gasteiger partial charge in [0.25, 0.3) is 0 Å². The third kappa shape index (κ3) is 4.57. The molecular weight excluding hydrogens is 308 g/mol. The molecule has 1 N–H and O–H groups in total. The smallest absolute Gasteiger partial charge is 0.134 e. The molecule has 0 aliphatic heterocycles. The topological polar surface area (TPSA) is 37.3 Å². The van der Waals surface area contributed by atoms with Crippen molar-refractivity contribution in [2.75, 3.05) is 0 Å². The number of phenolic OH excluding ortho intramolecular Hbond substituents is 1. The van der Waals surface area contributed by atoms with Crippen LogP contribution in [-0.4, -0.2) is 10.9 Å². The monoisotopic (exact) mass is 330 g/mol. The van der Waals surface area contributed by atoms with E-state index in [1.165, 1.54) is 5.56 Å². The molecule has 2 heteroatoms. The molecule has 0 aliphatic carbocycles. The highest BCUT2D eigenvalue weighted by Crippen LogP contribution is 2.29. The van der Waals surface area contributed by atoms with Gasteiger partial charge in [0.2, 0.25) is 0 Å². The van der Waals surface area contributed by atoms with Crippen molar-refractivity contribution in [1.29, 1.82) is 0 Å². The molecule has 3 aromatic rings. The second-order valence-corrected chi connectivity index (χ2v) is 6.47. The summed E-state index contributed by atoms with van der Waals surface area (Å²) in [5.74, 6) is 0.300. The fraction of sp³-hybridized carbons (Fsp3) is 0.174. The van der Waals surface area contributed by atoms with Gasteiger partial charge in [0.15, 0.2) is 0 Å². The summed E-state index contributed by atoms with van der Waals surface area (Å²) in [7, 11) is 0. The number of carbonyl (C=O) groups excluding carboxylic acids is 1. The molecule has 0 aromatic heterocycles. The molecule has 3 aromatic carbocycles. The van der Waals surface area contributed by atoms with Crippen molar-refractivity contribution >= 4 is 5.78 Å². The van der Waals surface area contributed by atoms with E-state index in [4.69, 9.17) is 0 Å². The summed E-state index contributed by atoms with van der Waals surface area (Å²) < 4.78 is 0. The Hall–Kier alpha value is -2.87. The van der Waals surface area contributed by atoms with E-state index in [0.717, 1.165) is 23.1 Å². The SMILES string of the molecule is CC(=O)Cc1cc(Cc2ccccc2)cc(Cc2ccccc2)c1O. The Bertz CT molecular complexity index is 852. The third-order valence-electron chi connectivity index (χ3n) is 4.26. The van der Waals surface area contributed by atoms with Gasteiger partial charge in [-0.25, -0.2) is 0 Å². The summed E-state index contributed by atoms with van der Waals surface area (Å²) in [4.78, 5) is 11.6. The van der Waals surface area contributed by atoms with Crippen LogP contribution < -0.4 is 0 Å². The van der Waals surface area contributed by atoms with Gasteiger partial charge in [0.05, 0.1) is 0 Å². The number of hydrogen-bond acceptors (Lipinski definition) is 2. The largest absolute Gasteiger partial charge is 0.507 e. The minimum absolute atomic E-state index is 0.0535. The van der Waals surface area contributed by atoms with Crippen molar-refractivity contribution in [3.63, 3.8) is 0 Å². The van der Waals surface area contributed by atoms with E-state index >= 15 is 0 Å². The van der Waals surface area contributed by atoms with Crippen LogP contribution in [0.3, 0.4) is 0 Å². The summed E-state index contributed by atoms with van der Waals surface area (Å²) in [5, 5.41) is 10.6. The Labute approximate surface area is 148 Å². The number of rotatable bonds is 6. The van der Waals surface area contributed by atoms with Crippen molar-refractivity contribution in [2.24, 2.45) is 0 Å². The van der Waals surface area contributed by atoms with E-state index < -0.39 is 0 Å². The van der Waals surface area contributed by atoms with Crippen LogP contribution in [0.1, 0.15) is 34.7 Å². The molecule has 0 amide bonds. The predicted octanol–water partition coefficient (Wildman–Crippen LogP) is 4.71. The lowest BCUT2D eigenvalue weighted by Crippen LogP contribution is -2.02. The fourth-order valence-electron chi connectivity index (χ4n) is 3.12. The van der Waals surface area contributed by atoms with Crippen molar-refractivity contribution in [1.82, 2.24) is 0 Å². The zero-order chi connectivity index (χ0) is 17.6. The number of aromatic hydroxyl groups is 1. The highest BCUT2D eigenvalue weighted by molar-refractivity contribution is 5.79. The van der Waals surface area contributed by atoms with E-state index in [9.17, 15) is 9.90 Å². The zero-order valence-corrected chi connectivity index (χ0v) is 14.4. The zero-order valence-electron chi connectivity index (χ0n) is 14.4. The average molecular weight is 330 g/mol. The van der Waals surface area contributed by atoms with Crippen LogP contribution in [-0.2, 0) is 24.1 Å². The lowest BCUT2D eigenvalue weighted by atomic mass is 9.93. The number of Topliss-reactive ketones (excluding diaryl/α,β-unsaturated/α-hetero) is 1. The van der Waals surface area contributed by atoms with E-state index in [0.29, 0.717) is 12.0 Å². The number of carbonyl (C=O) groups is 1. The third-order valence-corrected chi connectivity index (χ3v) is 4.26. The minimum Gasteiger partial charge on any atom is -0.507 e. The number of ketones is 1. The van der Waals surface area contributed by atoms with Gasteiger partial charge < -0.3 is 5.11 Å². The van der Waals surface area contributed by atoms with Crippen LogP contribution in [0, 0.1) is 0 Å². The lowest BCUT2D eigenvalue weighted by Gasteiger charge is -2.13. The molecular formula is C23H22O2. The van der Waals surface area contributed by atoms with Crippen LogP contribution in [0.5, 0.6) is 5.75 Å². The Morgan fingerprint density at radius 1 is 0.760 bits per heavy atom. The van der Waals surface area contributed by atoms with Crippen molar-refractivity contribution in [3.8, 4) is 5.75 Å². The summed E-state index contributed by atoms with van der Waals surface area (Å²) in [6, 6.07) is 24.3. The van der Waals surface area contributed by atoms with E-state index in [2.05, 4.69) is 18.2 Å². The maximum absolute atomic E-state index is 11.6. The molecule has 0 radical (unpaired) electrons. The molecule has 0 aliphatic rings. The van der Waals surface area contributed by atoms with Crippen LogP contribution in [0.2, 0.25) is 0 Å². The molecule has 0 heterocycles. The molecule has 0 fully saturated rings. The second-order valence-electron chi connectivity index (χ2n) is 6.47. The first kappa shape index (κ1) is 17.0. The van der Waals surface area contributed by atoms with Gasteiger partial charge >= 0.3 is 0 Å². The molecule has 0 saturated heterocycles. The van der Waals surface area contributed by atoms with Crippen LogP contribution >= 0.6 is 0 Å². The maximum atomic E-state index is 11.6. The molecule has 0 atom stereocenters. The second kappa shape index (κ2) is 7.80. The Morgan fingerprint density at radius 3 is 1.84 bits per heavy atom. The highest BCUT2D eigenvalue weighted by Gasteiger charge is 2.13. The van der Waals surface area contributed by atoms with Crippen LogP contribution in [0.15, 0.2) is 72.8 Å². The Morgan fingerprint density at radius 2 is 1.28 bits per heavy atom. The van der Waals surface area contributed by atoms with Gasteiger partial charge in [-0.15, -0.1) is 0 Å². The number of benzene rings is 3. The molecule has 0 unspecified atom stereocenters. The molecule has 126 valence electrons. The van der Waals surface area contributed by atoms with Crippen molar-refractivity contribution < 1.29 is 9.90 Å². The molecule has 0 spiro atoms. The molecule has 2 nitrogen and oxygen atoms in total. The van der Waals surface area contributed by atoms with Gasteiger partial charge in [-0.05, 0) is 35.6 Å². The average Bonchev–Trinajstić information content (AvgIpc) is 2.60. The first-order valence-corrected chi connectivity index (χ1v) is 8.53. The molecule has 0 bridgehead atoms. The van der Waals surface area contributed by atoms with E-state index in [1.54, 1.807) is 6.92 Å². The maximum Gasteiger partial charge on any atom is 0.134 e. The van der Waals surface area contributed by atoms with Gasteiger partial charge in [-0.1, -0.05) is 72.8 Å². The predicted molar refractivity (Wildman–Crippen MR) is 101 cm³/mol. The van der Waals surface area contributed by atoms with Gasteiger partial charge in [0.1, 0.15) is 11.5 Å². The number of hydrogen-bond donors (Lipinski definition) is 1. The van der Waals surface area contributed by atoms with Gasteiger partial charge in [0, 0.05) is 18.4 Å². The minimum atomic E-state index is 0.0535. The van der Waals surface area contributed by atoms with E-state index in [1.807, 2.05) is 54.6 Å². The summed E-state index contributed by atoms with van der Waals surface area (Å²) in [6.07, 6.45) is 1.70. The van der Waals surface area contributed by atoms with Crippen molar-refractivity contribution in [3.05, 3.63) is 101 Å². The van der Waals surface area contributed by atoms with Crippen LogP contribution in [0.4, 0.5) is 0 Å². The summed E-state index contributed by atoms with van der Waals surface area (Å²) in [6.45, 7) is 1.56.